The van der Waals surface area contributed by atoms with E-state index in [9.17, 15) is 9.59 Å². The van der Waals surface area contributed by atoms with Crippen LogP contribution in [0.25, 0.3) is 0 Å². The van der Waals surface area contributed by atoms with E-state index >= 15 is 0 Å². The van der Waals surface area contributed by atoms with E-state index in [0.29, 0.717) is 18.4 Å². The van der Waals surface area contributed by atoms with Gasteiger partial charge in [0.1, 0.15) is 0 Å². The molecule has 0 aliphatic carbocycles. The number of carbonyl (C=O) groups is 2. The van der Waals surface area contributed by atoms with Crippen LogP contribution in [0.15, 0.2) is 78.9 Å². The van der Waals surface area contributed by atoms with Crippen LogP contribution in [0.4, 0.5) is 17.1 Å². The Balaban J connectivity index is 1.77. The van der Waals surface area contributed by atoms with Gasteiger partial charge in [-0.1, -0.05) is 49.4 Å². The quantitative estimate of drug-likeness (QED) is 0.512. The summed E-state index contributed by atoms with van der Waals surface area (Å²) in [6.45, 7) is 3.96. The Labute approximate surface area is 196 Å². The molecule has 5 heteroatoms. The lowest BCUT2D eigenvalue weighted by Gasteiger charge is -2.43. The predicted octanol–water partition coefficient (Wildman–Crippen LogP) is 5.68. The van der Waals surface area contributed by atoms with Crippen molar-refractivity contribution in [2.24, 2.45) is 0 Å². The van der Waals surface area contributed by atoms with E-state index < -0.39 is 0 Å². The molecule has 2 atom stereocenters. The maximum atomic E-state index is 13.7. The molecule has 0 saturated heterocycles. The van der Waals surface area contributed by atoms with Crippen LogP contribution in [-0.4, -0.2) is 32.0 Å². The van der Waals surface area contributed by atoms with Gasteiger partial charge in [0.25, 0.3) is 5.91 Å². The molecule has 1 heterocycles. The number of hydrogen-bond donors (Lipinski definition) is 0. The van der Waals surface area contributed by atoms with E-state index in [1.54, 1.807) is 0 Å². The maximum absolute atomic E-state index is 13.7. The van der Waals surface area contributed by atoms with Gasteiger partial charge in [-0.15, -0.1) is 0 Å². The highest BCUT2D eigenvalue weighted by Gasteiger charge is 2.38. The van der Waals surface area contributed by atoms with Gasteiger partial charge >= 0.3 is 0 Å². The highest BCUT2D eigenvalue weighted by molar-refractivity contribution is 6.08. The summed E-state index contributed by atoms with van der Waals surface area (Å²) in [5.74, 6) is 0.0526. The fourth-order valence-electron chi connectivity index (χ4n) is 4.65. The first-order valence-electron chi connectivity index (χ1n) is 11.5. The SMILES string of the molecule is CCC(=O)N(c1ccccc1)C1CC(C)N(C(=O)c2cccc(N(C)C)c2)c2ccccc21. The molecule has 1 aliphatic rings. The lowest BCUT2D eigenvalue weighted by atomic mass is 9.89. The van der Waals surface area contributed by atoms with Crippen LogP contribution < -0.4 is 14.7 Å². The Morgan fingerprint density at radius 3 is 2.27 bits per heavy atom. The largest absolute Gasteiger partial charge is 0.378 e. The second kappa shape index (κ2) is 9.49. The molecule has 5 nitrogen and oxygen atoms in total. The van der Waals surface area contributed by atoms with Crippen LogP contribution in [-0.2, 0) is 4.79 Å². The summed E-state index contributed by atoms with van der Waals surface area (Å²) in [6.07, 6.45) is 1.08. The third-order valence-corrected chi connectivity index (χ3v) is 6.31. The Morgan fingerprint density at radius 1 is 0.909 bits per heavy atom. The van der Waals surface area contributed by atoms with Crippen LogP contribution >= 0.6 is 0 Å². The van der Waals surface area contributed by atoms with Crippen molar-refractivity contribution in [3.05, 3.63) is 90.0 Å². The fourth-order valence-corrected chi connectivity index (χ4v) is 4.65. The number of anilines is 3. The van der Waals surface area contributed by atoms with Gasteiger partial charge < -0.3 is 14.7 Å². The maximum Gasteiger partial charge on any atom is 0.258 e. The number of rotatable bonds is 5. The van der Waals surface area contributed by atoms with E-state index in [4.69, 9.17) is 0 Å². The van der Waals surface area contributed by atoms with Crippen molar-refractivity contribution in [3.63, 3.8) is 0 Å². The lowest BCUT2D eigenvalue weighted by Crippen LogP contribution is -2.47. The average Bonchev–Trinajstić information content (AvgIpc) is 2.84. The number of fused-ring (bicyclic) bond motifs is 1. The Hall–Kier alpha value is -3.60. The Bertz CT molecular complexity index is 1140. The first-order valence-corrected chi connectivity index (χ1v) is 11.5. The van der Waals surface area contributed by atoms with Gasteiger partial charge in [-0.3, -0.25) is 9.59 Å². The first kappa shape index (κ1) is 22.6. The summed E-state index contributed by atoms with van der Waals surface area (Å²) in [6, 6.07) is 25.3. The van der Waals surface area contributed by atoms with Crippen LogP contribution in [0.3, 0.4) is 0 Å². The standard InChI is InChI=1S/C28H31N3O2/c1-5-27(32)31(22-13-7-6-8-14-22)26-18-20(2)30(25-17-10-9-16-24(25)26)28(33)21-12-11-15-23(19-21)29(3)4/h6-17,19-20,26H,5,18H2,1-4H3. The second-order valence-corrected chi connectivity index (χ2v) is 8.73. The molecular formula is C28H31N3O2. The normalized spacial score (nSPS) is 17.3. The third kappa shape index (κ3) is 4.36. The minimum absolute atomic E-state index is 0.0230. The Kier molecular flexibility index (Phi) is 6.50. The zero-order valence-corrected chi connectivity index (χ0v) is 19.7. The molecule has 0 N–H and O–H groups in total. The van der Waals surface area contributed by atoms with E-state index in [-0.39, 0.29) is 23.9 Å². The number of carbonyl (C=O) groups excluding carboxylic acids is 2. The van der Waals surface area contributed by atoms with Crippen molar-refractivity contribution < 1.29 is 9.59 Å². The summed E-state index contributed by atoms with van der Waals surface area (Å²) in [5, 5.41) is 0. The van der Waals surface area contributed by atoms with Crippen molar-refractivity contribution in [3.8, 4) is 0 Å². The van der Waals surface area contributed by atoms with Crippen LogP contribution in [0, 0.1) is 0 Å². The molecule has 2 amide bonds. The molecule has 0 fully saturated rings. The van der Waals surface area contributed by atoms with Gasteiger partial charge in [-0.05, 0) is 55.3 Å². The molecule has 3 aromatic carbocycles. The summed E-state index contributed by atoms with van der Waals surface area (Å²) < 4.78 is 0. The molecule has 1 aliphatic heterocycles. The summed E-state index contributed by atoms with van der Waals surface area (Å²) in [7, 11) is 3.94. The van der Waals surface area contributed by atoms with Gasteiger partial charge in [0.2, 0.25) is 5.91 Å². The average molecular weight is 442 g/mol. The van der Waals surface area contributed by atoms with Gasteiger partial charge in [0.05, 0.1) is 6.04 Å². The number of benzene rings is 3. The van der Waals surface area contributed by atoms with Gasteiger partial charge in [-0.2, -0.15) is 0 Å². The Morgan fingerprint density at radius 2 is 1.58 bits per heavy atom. The zero-order chi connectivity index (χ0) is 23.5. The topological polar surface area (TPSA) is 43.9 Å². The number of hydrogen-bond acceptors (Lipinski definition) is 3. The molecule has 0 aromatic heterocycles. The van der Waals surface area contributed by atoms with Crippen LogP contribution in [0.1, 0.15) is 48.7 Å². The molecule has 0 spiro atoms. The molecule has 0 bridgehead atoms. The van der Waals surface area contributed by atoms with Crippen molar-refractivity contribution in [1.82, 2.24) is 0 Å². The highest BCUT2D eigenvalue weighted by atomic mass is 16.2. The molecular weight excluding hydrogens is 410 g/mol. The number of nitrogens with zero attached hydrogens (tertiary/aromatic N) is 3. The molecule has 0 radical (unpaired) electrons. The fraction of sp³-hybridized carbons (Fsp3) is 0.286. The van der Waals surface area contributed by atoms with Gasteiger partial charge in [0, 0.05) is 49.2 Å². The molecule has 3 aromatic rings. The van der Waals surface area contributed by atoms with E-state index in [1.807, 2.05) is 115 Å². The third-order valence-electron chi connectivity index (χ3n) is 6.31. The van der Waals surface area contributed by atoms with Gasteiger partial charge in [-0.25, -0.2) is 0 Å². The minimum Gasteiger partial charge on any atom is -0.378 e. The zero-order valence-electron chi connectivity index (χ0n) is 19.7. The van der Waals surface area contributed by atoms with Crippen LogP contribution in [0.5, 0.6) is 0 Å². The van der Waals surface area contributed by atoms with Crippen molar-refractivity contribution >= 4 is 28.9 Å². The second-order valence-electron chi connectivity index (χ2n) is 8.73. The van der Waals surface area contributed by atoms with E-state index in [1.165, 1.54) is 0 Å². The molecule has 0 saturated carbocycles. The first-order chi connectivity index (χ1) is 15.9. The summed E-state index contributed by atoms with van der Waals surface area (Å²) in [4.78, 5) is 32.6. The predicted molar refractivity (Wildman–Crippen MR) is 135 cm³/mol. The van der Waals surface area contributed by atoms with E-state index in [0.717, 1.165) is 22.6 Å². The molecule has 2 unspecified atom stereocenters. The smallest absolute Gasteiger partial charge is 0.258 e. The number of para-hydroxylation sites is 2. The van der Waals surface area contributed by atoms with Crippen molar-refractivity contribution in [2.75, 3.05) is 28.8 Å². The van der Waals surface area contributed by atoms with E-state index in [2.05, 4.69) is 6.92 Å². The minimum atomic E-state index is -0.136. The van der Waals surface area contributed by atoms with Crippen molar-refractivity contribution in [1.29, 1.82) is 0 Å². The number of amides is 2. The monoisotopic (exact) mass is 441 g/mol. The van der Waals surface area contributed by atoms with Crippen LogP contribution in [0.2, 0.25) is 0 Å². The highest BCUT2D eigenvalue weighted by Crippen LogP contribution is 2.43. The summed E-state index contributed by atoms with van der Waals surface area (Å²) >= 11 is 0. The lowest BCUT2D eigenvalue weighted by molar-refractivity contribution is -0.118. The molecule has 4 rings (SSSR count). The van der Waals surface area contributed by atoms with Gasteiger partial charge in [0.15, 0.2) is 0 Å². The molecule has 170 valence electrons. The van der Waals surface area contributed by atoms with Crippen molar-refractivity contribution in [2.45, 2.75) is 38.8 Å². The summed E-state index contributed by atoms with van der Waals surface area (Å²) in [5.41, 5.74) is 4.39. The molecule has 33 heavy (non-hydrogen) atoms.